The van der Waals surface area contributed by atoms with E-state index in [2.05, 4.69) is 20.3 Å². The highest BCUT2D eigenvalue weighted by molar-refractivity contribution is 7.22. The lowest BCUT2D eigenvalue weighted by atomic mass is 10.2. The maximum Gasteiger partial charge on any atom is 0.269 e. The van der Waals surface area contributed by atoms with Crippen molar-refractivity contribution in [3.8, 4) is 23.0 Å². The van der Waals surface area contributed by atoms with Gasteiger partial charge in [0.1, 0.15) is 16.4 Å². The van der Waals surface area contributed by atoms with Gasteiger partial charge in [0.25, 0.3) is 5.91 Å². The van der Waals surface area contributed by atoms with Gasteiger partial charge >= 0.3 is 0 Å². The van der Waals surface area contributed by atoms with Crippen LogP contribution in [-0.4, -0.2) is 35.1 Å². The van der Waals surface area contributed by atoms with Gasteiger partial charge < -0.3 is 14.2 Å². The molecule has 0 aliphatic heterocycles. The molecule has 1 amide bonds. The molecule has 34 heavy (non-hydrogen) atoms. The fraction of sp³-hybridized carbons (Fsp3) is 0.167. The number of hydrogen-bond acceptors (Lipinski definition) is 9. The second-order valence-corrected chi connectivity index (χ2v) is 9.62. The Hall–Kier alpha value is -3.76. The van der Waals surface area contributed by atoms with Crippen LogP contribution in [0.15, 0.2) is 42.6 Å². The highest BCUT2D eigenvalue weighted by Gasteiger charge is 2.16. The molecule has 0 saturated carbocycles. The summed E-state index contributed by atoms with van der Waals surface area (Å²) in [6.07, 6.45) is 1.69. The van der Waals surface area contributed by atoms with Crippen LogP contribution in [0.1, 0.15) is 20.4 Å². The molecule has 0 aliphatic rings. The highest BCUT2D eigenvalue weighted by atomic mass is 32.1. The molecule has 1 N–H and O–H groups in total. The van der Waals surface area contributed by atoms with Crippen molar-refractivity contribution in [2.75, 3.05) is 19.5 Å². The van der Waals surface area contributed by atoms with Gasteiger partial charge in [-0.15, -0.1) is 11.3 Å². The average molecular weight is 493 g/mol. The number of nitrogens with one attached hydrogen (secondary N) is 1. The van der Waals surface area contributed by atoms with Crippen LogP contribution >= 0.6 is 22.7 Å². The van der Waals surface area contributed by atoms with E-state index in [1.165, 1.54) is 22.7 Å². The molecular weight excluding hydrogens is 472 g/mol. The summed E-state index contributed by atoms with van der Waals surface area (Å²) < 4.78 is 17.9. The number of rotatable bonds is 6. The van der Waals surface area contributed by atoms with Crippen LogP contribution in [0.3, 0.4) is 0 Å². The predicted molar refractivity (Wildman–Crippen MR) is 134 cm³/mol. The SMILES string of the molecule is COc1cc2nccc(Oc3ccc4nc(NC(=O)c5sc(C)nc5C)sc4c3)c2cc1OC. The number of fused-ring (bicyclic) bond motifs is 2. The number of ether oxygens (including phenoxy) is 3. The third-order valence-electron chi connectivity index (χ3n) is 5.12. The Bertz CT molecular complexity index is 1540. The lowest BCUT2D eigenvalue weighted by Crippen LogP contribution is -2.11. The summed E-state index contributed by atoms with van der Waals surface area (Å²) in [7, 11) is 3.18. The number of amides is 1. The Labute approximate surface area is 203 Å². The quantitative estimate of drug-likeness (QED) is 0.311. The van der Waals surface area contributed by atoms with Crippen molar-refractivity contribution >= 4 is 54.8 Å². The monoisotopic (exact) mass is 492 g/mol. The normalized spacial score (nSPS) is 11.1. The van der Waals surface area contributed by atoms with Crippen molar-refractivity contribution in [2.24, 2.45) is 0 Å². The topological polar surface area (TPSA) is 95.5 Å². The molecule has 0 radical (unpaired) electrons. The summed E-state index contributed by atoms with van der Waals surface area (Å²) >= 11 is 2.75. The van der Waals surface area contributed by atoms with Crippen molar-refractivity contribution in [1.29, 1.82) is 0 Å². The Kier molecular flexibility index (Phi) is 5.76. The van der Waals surface area contributed by atoms with Crippen molar-refractivity contribution < 1.29 is 19.0 Å². The number of carbonyl (C=O) groups excluding carboxylic acids is 1. The molecule has 172 valence electrons. The van der Waals surface area contributed by atoms with E-state index in [0.29, 0.717) is 33.0 Å². The smallest absolute Gasteiger partial charge is 0.269 e. The van der Waals surface area contributed by atoms with Crippen LogP contribution in [0.5, 0.6) is 23.0 Å². The van der Waals surface area contributed by atoms with Gasteiger partial charge in [-0.3, -0.25) is 15.1 Å². The minimum Gasteiger partial charge on any atom is -0.493 e. The Morgan fingerprint density at radius 2 is 1.71 bits per heavy atom. The summed E-state index contributed by atoms with van der Waals surface area (Å²) in [6.45, 7) is 3.71. The second-order valence-electron chi connectivity index (χ2n) is 7.39. The number of benzene rings is 2. The molecule has 5 aromatic rings. The van der Waals surface area contributed by atoms with E-state index in [1.807, 2.05) is 44.2 Å². The summed E-state index contributed by atoms with van der Waals surface area (Å²) in [5.74, 6) is 2.28. The maximum absolute atomic E-state index is 12.6. The lowest BCUT2D eigenvalue weighted by molar-refractivity contribution is 0.103. The first-order chi connectivity index (χ1) is 16.4. The van der Waals surface area contributed by atoms with Gasteiger partial charge in [0.05, 0.1) is 40.7 Å². The third kappa shape index (κ3) is 4.13. The first-order valence-electron chi connectivity index (χ1n) is 10.3. The molecule has 0 atom stereocenters. The van der Waals surface area contributed by atoms with E-state index in [1.54, 1.807) is 26.5 Å². The Morgan fingerprint density at radius 3 is 2.44 bits per heavy atom. The molecule has 0 unspecified atom stereocenters. The standard InChI is InChI=1S/C24H20N4O4S2/c1-12-22(33-13(2)26-12)23(29)28-24-27-16-6-5-14(9-21(16)34-24)32-18-7-8-25-17-11-20(31-4)19(30-3)10-15(17)18/h5-11H,1-4H3,(H,27,28,29). The number of pyridine rings is 1. The minimum atomic E-state index is -0.203. The molecular formula is C24H20N4O4S2. The van der Waals surface area contributed by atoms with Crippen LogP contribution in [0.2, 0.25) is 0 Å². The van der Waals surface area contributed by atoms with Crippen molar-refractivity contribution in [2.45, 2.75) is 13.8 Å². The van der Waals surface area contributed by atoms with E-state index in [4.69, 9.17) is 14.2 Å². The molecule has 0 spiro atoms. The number of nitrogens with zero attached hydrogens (tertiary/aromatic N) is 3. The van der Waals surface area contributed by atoms with Gasteiger partial charge in [0.2, 0.25) is 0 Å². The average Bonchev–Trinajstić information content (AvgIpc) is 3.39. The molecule has 0 fully saturated rings. The van der Waals surface area contributed by atoms with Gasteiger partial charge in [-0.25, -0.2) is 9.97 Å². The van der Waals surface area contributed by atoms with E-state index in [-0.39, 0.29) is 5.91 Å². The summed E-state index contributed by atoms with van der Waals surface area (Å²) in [4.78, 5) is 26.5. The number of carbonyl (C=O) groups is 1. The van der Waals surface area contributed by atoms with Crippen LogP contribution in [0, 0.1) is 13.8 Å². The second kappa shape index (κ2) is 8.88. The van der Waals surface area contributed by atoms with Crippen molar-refractivity contribution in [3.05, 3.63) is 58.2 Å². The molecule has 3 heterocycles. The molecule has 10 heteroatoms. The number of aromatic nitrogens is 3. The number of hydrogen-bond donors (Lipinski definition) is 1. The molecule has 3 aromatic heterocycles. The Morgan fingerprint density at radius 1 is 0.912 bits per heavy atom. The summed E-state index contributed by atoms with van der Waals surface area (Å²) in [5, 5.41) is 5.06. The summed E-state index contributed by atoms with van der Waals surface area (Å²) in [6, 6.07) is 11.1. The summed E-state index contributed by atoms with van der Waals surface area (Å²) in [5.41, 5.74) is 2.22. The predicted octanol–water partition coefficient (Wildman–Crippen LogP) is 5.98. The molecule has 8 nitrogen and oxygen atoms in total. The van der Waals surface area contributed by atoms with E-state index < -0.39 is 0 Å². The first-order valence-corrected chi connectivity index (χ1v) is 11.9. The van der Waals surface area contributed by atoms with E-state index in [9.17, 15) is 4.79 Å². The zero-order valence-electron chi connectivity index (χ0n) is 18.8. The van der Waals surface area contributed by atoms with Gasteiger partial charge in [-0.1, -0.05) is 11.3 Å². The molecule has 0 aliphatic carbocycles. The Balaban J connectivity index is 1.42. The van der Waals surface area contributed by atoms with Crippen LogP contribution in [-0.2, 0) is 0 Å². The van der Waals surface area contributed by atoms with Gasteiger partial charge in [0.15, 0.2) is 16.6 Å². The molecule has 0 saturated heterocycles. The van der Waals surface area contributed by atoms with Gasteiger partial charge in [0, 0.05) is 23.7 Å². The van der Waals surface area contributed by atoms with Crippen molar-refractivity contribution in [3.63, 3.8) is 0 Å². The number of thiazole rings is 2. The fourth-order valence-electron chi connectivity index (χ4n) is 3.58. The number of aryl methyl sites for hydroxylation is 2. The zero-order valence-corrected chi connectivity index (χ0v) is 20.5. The van der Waals surface area contributed by atoms with E-state index >= 15 is 0 Å². The largest absolute Gasteiger partial charge is 0.493 e. The zero-order chi connectivity index (χ0) is 23.8. The minimum absolute atomic E-state index is 0.203. The fourth-order valence-corrected chi connectivity index (χ4v) is 5.29. The van der Waals surface area contributed by atoms with Gasteiger partial charge in [-0.2, -0.15) is 0 Å². The number of methoxy groups -OCH3 is 2. The molecule has 2 aromatic carbocycles. The molecule has 5 rings (SSSR count). The maximum atomic E-state index is 12.6. The molecule has 0 bridgehead atoms. The van der Waals surface area contributed by atoms with Gasteiger partial charge in [-0.05, 0) is 38.1 Å². The third-order valence-corrected chi connectivity index (χ3v) is 7.13. The lowest BCUT2D eigenvalue weighted by Gasteiger charge is -2.12. The number of anilines is 1. The van der Waals surface area contributed by atoms with Crippen molar-refractivity contribution in [1.82, 2.24) is 15.0 Å². The van der Waals surface area contributed by atoms with Crippen LogP contribution < -0.4 is 19.5 Å². The van der Waals surface area contributed by atoms with Crippen LogP contribution in [0.4, 0.5) is 5.13 Å². The van der Waals surface area contributed by atoms with Crippen LogP contribution in [0.25, 0.3) is 21.1 Å². The highest BCUT2D eigenvalue weighted by Crippen LogP contribution is 2.38. The first kappa shape index (κ1) is 22.1. The van der Waals surface area contributed by atoms with E-state index in [0.717, 1.165) is 31.8 Å².